The molecule has 10 rings (SSSR count). The van der Waals surface area contributed by atoms with Gasteiger partial charge < -0.3 is 60.7 Å². The minimum absolute atomic E-state index is 0.00903. The zero-order chi connectivity index (χ0) is 87.4. The molecule has 0 N–H and O–H groups in total. The van der Waals surface area contributed by atoms with Crippen molar-refractivity contribution in [2.75, 3.05) is 99.4 Å². The largest absolute Gasteiger partial charge is 0.379 e. The third kappa shape index (κ3) is 27.7. The average Bonchev–Trinajstić information content (AvgIpc) is 1.59. The first kappa shape index (κ1) is 94.2. The van der Waals surface area contributed by atoms with E-state index in [0.717, 1.165) is 65.6 Å². The number of carbonyl (C=O) groups excluding carboxylic acids is 10. The van der Waals surface area contributed by atoms with Crippen LogP contribution in [0.25, 0.3) is 5.00 Å². The van der Waals surface area contributed by atoms with Gasteiger partial charge in [-0.15, -0.1) is 21.5 Å². The fourth-order valence-corrected chi connectivity index (χ4v) is 16.2. The highest BCUT2D eigenvalue weighted by Crippen LogP contribution is 2.40. The lowest BCUT2D eigenvalue weighted by molar-refractivity contribution is -0.121. The molecule has 0 radical (unpaired) electrons. The van der Waals surface area contributed by atoms with Crippen molar-refractivity contribution < 1.29 is 76.4 Å². The Morgan fingerprint density at radius 2 is 0.877 bits per heavy atom. The molecule has 0 saturated carbocycles. The van der Waals surface area contributed by atoms with Gasteiger partial charge in [0, 0.05) is 190 Å². The molecule has 0 amide bonds. The van der Waals surface area contributed by atoms with Gasteiger partial charge in [0.15, 0.2) is 40.6 Å². The van der Waals surface area contributed by atoms with E-state index >= 15 is 0 Å². The van der Waals surface area contributed by atoms with Crippen LogP contribution in [0.1, 0.15) is 233 Å². The highest BCUT2D eigenvalue weighted by Gasteiger charge is 2.33. The Kier molecular flexibility index (Phi) is 36.2. The third-order valence-corrected chi connectivity index (χ3v) is 22.8. The number of imidazole rings is 3. The van der Waals surface area contributed by atoms with E-state index in [2.05, 4.69) is 48.5 Å². The molecule has 1 atom stereocenters. The van der Waals surface area contributed by atoms with Crippen molar-refractivity contribution >= 4 is 86.5 Å². The van der Waals surface area contributed by atoms with Crippen LogP contribution in [0.5, 0.6) is 0 Å². The quantitative estimate of drug-likeness (QED) is 0.0252. The second kappa shape index (κ2) is 47.0. The van der Waals surface area contributed by atoms with Crippen LogP contribution in [0.3, 0.4) is 0 Å². The Labute approximate surface area is 721 Å². The third-order valence-electron chi connectivity index (χ3n) is 21.4. The smallest absolute Gasteiger partial charge is 0.202 e. The second-order valence-corrected chi connectivity index (χ2v) is 33.0. The first-order valence-corrected chi connectivity index (χ1v) is 43.1. The first-order chi connectivity index (χ1) is 58.7. The molecule has 32 heteroatoms. The van der Waals surface area contributed by atoms with E-state index in [1.165, 1.54) is 4.88 Å². The van der Waals surface area contributed by atoms with Crippen LogP contribution in [0.4, 0.5) is 0 Å². The predicted octanol–water partition coefficient (Wildman–Crippen LogP) is 11.6. The number of benzene rings is 1. The molecule has 0 unspecified atom stereocenters. The van der Waals surface area contributed by atoms with Crippen LogP contribution >= 0.6 is 22.9 Å². The van der Waals surface area contributed by atoms with Crippen molar-refractivity contribution in [2.24, 2.45) is 47.3 Å². The van der Waals surface area contributed by atoms with Gasteiger partial charge in [-0.3, -0.25) is 57.5 Å². The summed E-state index contributed by atoms with van der Waals surface area (Å²) in [6.07, 6.45) is 18.5. The van der Waals surface area contributed by atoms with E-state index in [-0.39, 0.29) is 140 Å². The number of fused-ring (bicyclic) bond motifs is 3. The molecule has 0 aliphatic carbocycles. The van der Waals surface area contributed by atoms with Crippen molar-refractivity contribution in [3.8, 4) is 5.00 Å². The monoisotopic (exact) mass is 1710 g/mol. The lowest BCUT2D eigenvalue weighted by atomic mass is 9.99. The zero-order valence-corrected chi connectivity index (χ0v) is 73.6. The molecule has 654 valence electrons. The summed E-state index contributed by atoms with van der Waals surface area (Å²) in [7, 11) is 12.4. The summed E-state index contributed by atoms with van der Waals surface area (Å²) >= 11 is 7.93. The van der Waals surface area contributed by atoms with Gasteiger partial charge in [0.25, 0.3) is 0 Å². The number of hydrogen-bond donors (Lipinski definition) is 0. The van der Waals surface area contributed by atoms with Crippen LogP contribution in [-0.2, 0) is 122 Å². The van der Waals surface area contributed by atoms with Crippen LogP contribution in [0.15, 0.2) is 90.8 Å². The van der Waals surface area contributed by atoms with E-state index in [0.29, 0.717) is 186 Å². The van der Waals surface area contributed by atoms with Crippen LogP contribution in [0.2, 0.25) is 5.02 Å². The molecule has 0 spiro atoms. The zero-order valence-electron chi connectivity index (χ0n) is 72.0. The van der Waals surface area contributed by atoms with Crippen LogP contribution in [0, 0.1) is 20.8 Å². The molecule has 8 aromatic heterocycles. The number of aromatic nitrogens is 12. The molecular formula is C90H115ClN14O16S. The summed E-state index contributed by atoms with van der Waals surface area (Å²) in [5.41, 5.74) is 8.12. The van der Waals surface area contributed by atoms with E-state index in [9.17, 15) is 47.9 Å². The molecule has 9 aromatic rings. The standard InChI is InChI=1S/C90H115ClN14O16S/c1-60-61(2)122-90-84(60)85(66-25-27-67(91)28-26-66)95-74(86-97-96-62(3)105(86)90)54-73(109)21-17-34-116-36-38-118-40-42-120-44-45-121-43-41-119-39-37-117-35-29-70(106)18-11-13-31-98(4)32-14-12-22-78(110)75-47-64(56-100(75)6)50-82(114)88-93-68(58-103(88)9)52-72(108)20-16-24-80(112)77-48-65(57-102(77)8)51-83(115)89-94-69(59-104(89)10)53-71(107)19-15-23-79(111)76-46-63(55-101(76)7)49-81(113)87-92-30-33-99(87)5/h25-28,30,33,46-48,55-59,74H,11-24,29,31-32,34-45,49-54H2,1-10H3/t74-/m0/s1. The molecule has 0 bridgehead atoms. The minimum Gasteiger partial charge on any atom is -0.379 e. The number of Topliss-reactive ketones (excluding diaryl/α,β-unsaturated/α-hetero) is 10. The summed E-state index contributed by atoms with van der Waals surface area (Å²) in [6, 6.07) is 12.3. The number of ketones is 10. The lowest BCUT2D eigenvalue weighted by Gasteiger charge is -2.16. The fraction of sp³-hybridized carbons (Fsp3) is 0.511. The maximum atomic E-state index is 13.6. The number of unbranched alkanes of at least 4 members (excludes halogenated alkanes) is 2. The Morgan fingerprint density at radius 3 is 1.35 bits per heavy atom. The Bertz CT molecular complexity index is 5140. The van der Waals surface area contributed by atoms with Gasteiger partial charge in [-0.25, -0.2) is 15.0 Å². The average molecular weight is 1720 g/mol. The van der Waals surface area contributed by atoms with Gasteiger partial charge in [-0.2, -0.15) is 0 Å². The maximum Gasteiger partial charge on any atom is 0.202 e. The first-order valence-electron chi connectivity index (χ1n) is 41.9. The normalized spacial score (nSPS) is 12.6. The highest BCUT2D eigenvalue weighted by molar-refractivity contribution is 7.15. The summed E-state index contributed by atoms with van der Waals surface area (Å²) < 4.78 is 45.8. The number of aryl methyl sites for hydroxylation is 8. The molecule has 1 aliphatic heterocycles. The topological polar surface area (TPSA) is 341 Å². The summed E-state index contributed by atoms with van der Waals surface area (Å²) in [4.78, 5) is 154. The number of rotatable bonds is 59. The molecule has 9 heterocycles. The lowest BCUT2D eigenvalue weighted by Crippen LogP contribution is -2.21. The number of hydrogen-bond acceptors (Lipinski definition) is 24. The summed E-state index contributed by atoms with van der Waals surface area (Å²) in [5.74, 6) is 1.02. The Balaban J connectivity index is 0.492. The van der Waals surface area contributed by atoms with Crippen molar-refractivity contribution in [2.45, 2.75) is 162 Å². The molecule has 1 aromatic carbocycles. The van der Waals surface area contributed by atoms with E-state index in [1.807, 2.05) is 38.2 Å². The Hall–Kier alpha value is -10.1. The van der Waals surface area contributed by atoms with E-state index in [4.69, 9.17) is 45.0 Å². The van der Waals surface area contributed by atoms with Crippen LogP contribution < -0.4 is 0 Å². The van der Waals surface area contributed by atoms with Gasteiger partial charge in [-0.1, -0.05) is 23.7 Å². The van der Waals surface area contributed by atoms with Crippen molar-refractivity contribution in [1.29, 1.82) is 0 Å². The predicted molar refractivity (Wildman–Crippen MR) is 460 cm³/mol. The number of ether oxygens (including phenoxy) is 6. The van der Waals surface area contributed by atoms with Crippen molar-refractivity contribution in [3.05, 3.63) is 187 Å². The van der Waals surface area contributed by atoms with E-state index < -0.39 is 6.04 Å². The molecule has 122 heavy (non-hydrogen) atoms. The van der Waals surface area contributed by atoms with Crippen LogP contribution in [-0.4, -0.2) is 225 Å². The number of carbonyl (C=O) groups is 10. The van der Waals surface area contributed by atoms with Gasteiger partial charge in [0.05, 0.1) is 120 Å². The molecular weight excluding hydrogens is 1600 g/mol. The number of aliphatic imine (C=N–C) groups is 1. The maximum absolute atomic E-state index is 13.6. The van der Waals surface area contributed by atoms with Gasteiger partial charge >= 0.3 is 0 Å². The minimum atomic E-state index is -0.498. The van der Waals surface area contributed by atoms with Gasteiger partial charge in [-0.05, 0) is 138 Å². The molecule has 1 aliphatic rings. The number of nitrogens with zero attached hydrogens (tertiary/aromatic N) is 14. The van der Waals surface area contributed by atoms with Gasteiger partial charge in [0.2, 0.25) is 17.3 Å². The number of thiophene rings is 1. The molecule has 0 saturated heterocycles. The summed E-state index contributed by atoms with van der Waals surface area (Å²) in [5, 5.41) is 10.6. The van der Waals surface area contributed by atoms with Gasteiger partial charge in [0.1, 0.15) is 40.0 Å². The Morgan fingerprint density at radius 1 is 0.443 bits per heavy atom. The van der Waals surface area contributed by atoms with E-state index in [1.54, 1.807) is 143 Å². The second-order valence-electron chi connectivity index (χ2n) is 31.4. The molecule has 0 fully saturated rings. The SMILES string of the molecule is Cc1sc2c(c1C)C(c1ccc(Cl)cc1)=N[C@@H](CC(=O)CCCOCCOCCOCCOCCOCCOCCC(=O)CCCCN(C)CCCCC(=O)c1cc(CC(=O)c3nc(CC(=O)CCCC(=O)c4cc(CC(=O)c5nc(CC(=O)CCCC(=O)c6cc(CC(=O)c7nccn7C)cn6C)cn5C)cn4C)cn3C)cn1C)c1nnc(C)n1-2. The number of halogens is 1. The fourth-order valence-electron chi connectivity index (χ4n) is 14.9. The summed E-state index contributed by atoms with van der Waals surface area (Å²) in [6.45, 7) is 12.7. The van der Waals surface area contributed by atoms with Crippen molar-refractivity contribution in [3.63, 3.8) is 0 Å². The van der Waals surface area contributed by atoms with Crippen molar-refractivity contribution in [1.82, 2.24) is 62.0 Å². The highest BCUT2D eigenvalue weighted by atomic mass is 35.5. The molecule has 30 nitrogen and oxygen atoms in total.